The first-order chi connectivity index (χ1) is 11.1. The molecule has 0 radical (unpaired) electrons. The Balaban J connectivity index is 1.52. The van der Waals surface area contributed by atoms with E-state index in [4.69, 9.17) is 4.42 Å². The van der Waals surface area contributed by atoms with Crippen LogP contribution in [0, 0.1) is 0 Å². The lowest BCUT2D eigenvalue weighted by molar-refractivity contribution is 0.185. The van der Waals surface area contributed by atoms with Crippen LogP contribution in [0.3, 0.4) is 0 Å². The van der Waals surface area contributed by atoms with Crippen LogP contribution in [0.2, 0.25) is 0 Å². The Morgan fingerprint density at radius 2 is 2.09 bits per heavy atom. The lowest BCUT2D eigenvalue weighted by Gasteiger charge is -2.36. The zero-order chi connectivity index (χ0) is 16.2. The van der Waals surface area contributed by atoms with Crippen molar-refractivity contribution in [2.45, 2.75) is 45.2 Å². The van der Waals surface area contributed by atoms with Crippen molar-refractivity contribution in [2.24, 2.45) is 0 Å². The predicted molar refractivity (Wildman–Crippen MR) is 89.3 cm³/mol. The van der Waals surface area contributed by atoms with E-state index < -0.39 is 0 Å². The van der Waals surface area contributed by atoms with Gasteiger partial charge in [-0.05, 0) is 18.9 Å². The van der Waals surface area contributed by atoms with Crippen molar-refractivity contribution < 1.29 is 4.42 Å². The minimum atomic E-state index is 0.392. The third-order valence-corrected chi connectivity index (χ3v) is 4.53. The maximum absolute atomic E-state index is 5.81. The monoisotopic (exact) mass is 315 g/mol. The molecule has 23 heavy (non-hydrogen) atoms. The molecule has 1 aliphatic rings. The van der Waals surface area contributed by atoms with Gasteiger partial charge in [-0.25, -0.2) is 15.0 Å². The van der Waals surface area contributed by atoms with Crippen molar-refractivity contribution in [1.29, 1.82) is 0 Å². The van der Waals surface area contributed by atoms with E-state index in [0.29, 0.717) is 12.0 Å². The maximum atomic E-state index is 5.81. The molecule has 0 aromatic carbocycles. The van der Waals surface area contributed by atoms with Gasteiger partial charge in [0.05, 0.1) is 12.7 Å². The van der Waals surface area contributed by atoms with E-state index in [1.165, 1.54) is 0 Å². The molecule has 0 saturated carbocycles. The molecular formula is C17H25N5O. The number of nitrogens with zero attached hydrogens (tertiary/aromatic N) is 5. The van der Waals surface area contributed by atoms with Crippen LogP contribution in [0.1, 0.15) is 44.3 Å². The molecule has 2 aromatic heterocycles. The molecule has 0 unspecified atom stereocenters. The van der Waals surface area contributed by atoms with E-state index >= 15 is 0 Å². The van der Waals surface area contributed by atoms with Gasteiger partial charge in [-0.1, -0.05) is 13.8 Å². The molecule has 6 nitrogen and oxygen atoms in total. The van der Waals surface area contributed by atoms with Crippen molar-refractivity contribution >= 4 is 5.82 Å². The van der Waals surface area contributed by atoms with E-state index in [2.05, 4.69) is 45.6 Å². The zero-order valence-electron chi connectivity index (χ0n) is 14.1. The molecule has 3 rings (SSSR count). The van der Waals surface area contributed by atoms with Crippen LogP contribution < -0.4 is 4.90 Å². The summed E-state index contributed by atoms with van der Waals surface area (Å²) in [6.07, 6.45) is 7.50. The highest BCUT2D eigenvalue weighted by molar-refractivity contribution is 5.36. The van der Waals surface area contributed by atoms with Crippen LogP contribution >= 0.6 is 0 Å². The Morgan fingerprint density at radius 1 is 1.30 bits per heavy atom. The average Bonchev–Trinajstić information content (AvgIpc) is 3.04. The summed E-state index contributed by atoms with van der Waals surface area (Å²) >= 11 is 0. The van der Waals surface area contributed by atoms with Gasteiger partial charge in [0.1, 0.15) is 17.9 Å². The third kappa shape index (κ3) is 3.88. The van der Waals surface area contributed by atoms with Crippen LogP contribution in [0.5, 0.6) is 0 Å². The first-order valence-electron chi connectivity index (χ1n) is 8.29. The zero-order valence-corrected chi connectivity index (χ0v) is 14.1. The summed E-state index contributed by atoms with van der Waals surface area (Å²) in [6.45, 7) is 7.16. The molecule has 1 saturated heterocycles. The largest absolute Gasteiger partial charge is 0.444 e. The molecule has 1 aliphatic heterocycles. The number of oxazole rings is 1. The van der Waals surface area contributed by atoms with Gasteiger partial charge in [0.25, 0.3) is 0 Å². The Hall–Kier alpha value is -1.95. The quantitative estimate of drug-likeness (QED) is 0.845. The number of hydrogen-bond donors (Lipinski definition) is 0. The molecule has 0 atom stereocenters. The standard InChI is InChI=1S/C17H25N5O/c1-13(2)15-10-19-17(23-15)11-22-8-5-14(6-9-22)21(3)16-4-7-18-12-20-16/h4,7,10,12-14H,5-6,8-9,11H2,1-3H3. The van der Waals surface area contributed by atoms with E-state index in [9.17, 15) is 0 Å². The van der Waals surface area contributed by atoms with Gasteiger partial charge < -0.3 is 9.32 Å². The van der Waals surface area contributed by atoms with Crippen LogP contribution in [0.25, 0.3) is 0 Å². The number of hydrogen-bond acceptors (Lipinski definition) is 6. The molecule has 0 N–H and O–H groups in total. The average molecular weight is 315 g/mol. The van der Waals surface area contributed by atoms with E-state index in [0.717, 1.165) is 49.9 Å². The molecule has 0 amide bonds. The summed E-state index contributed by atoms with van der Waals surface area (Å²) < 4.78 is 5.81. The van der Waals surface area contributed by atoms with Gasteiger partial charge in [-0.3, -0.25) is 4.90 Å². The lowest BCUT2D eigenvalue weighted by atomic mass is 10.0. The number of aromatic nitrogens is 3. The van der Waals surface area contributed by atoms with Gasteiger partial charge >= 0.3 is 0 Å². The maximum Gasteiger partial charge on any atom is 0.208 e. The van der Waals surface area contributed by atoms with Gasteiger partial charge in [0.15, 0.2) is 0 Å². The summed E-state index contributed by atoms with van der Waals surface area (Å²) in [5.41, 5.74) is 0. The number of anilines is 1. The highest BCUT2D eigenvalue weighted by atomic mass is 16.4. The fraction of sp³-hybridized carbons (Fsp3) is 0.588. The lowest BCUT2D eigenvalue weighted by Crippen LogP contribution is -2.43. The molecule has 0 aliphatic carbocycles. The highest BCUT2D eigenvalue weighted by Crippen LogP contribution is 2.22. The first-order valence-corrected chi connectivity index (χ1v) is 8.29. The van der Waals surface area contributed by atoms with E-state index in [1.54, 1.807) is 12.5 Å². The Bertz CT molecular complexity index is 604. The molecular weight excluding hydrogens is 290 g/mol. The summed E-state index contributed by atoms with van der Waals surface area (Å²) in [5.74, 6) is 3.19. The smallest absolute Gasteiger partial charge is 0.208 e. The molecule has 3 heterocycles. The van der Waals surface area contributed by atoms with Crippen LogP contribution in [0.15, 0.2) is 29.2 Å². The normalized spacial score (nSPS) is 16.9. The third-order valence-electron chi connectivity index (χ3n) is 4.53. The van der Waals surface area contributed by atoms with Crippen LogP contribution in [0.4, 0.5) is 5.82 Å². The SMILES string of the molecule is CC(C)c1cnc(CN2CCC(N(C)c3ccncn3)CC2)o1. The predicted octanol–water partition coefficient (Wildman–Crippen LogP) is 2.69. The fourth-order valence-corrected chi connectivity index (χ4v) is 3.00. The minimum absolute atomic E-state index is 0.392. The van der Waals surface area contributed by atoms with Crippen LogP contribution in [-0.2, 0) is 6.54 Å². The van der Waals surface area contributed by atoms with Crippen molar-refractivity contribution in [2.75, 3.05) is 25.0 Å². The Morgan fingerprint density at radius 3 is 2.70 bits per heavy atom. The van der Waals surface area contributed by atoms with Crippen molar-refractivity contribution in [3.05, 3.63) is 36.4 Å². The highest BCUT2D eigenvalue weighted by Gasteiger charge is 2.24. The topological polar surface area (TPSA) is 58.3 Å². The second kappa shape index (κ2) is 7.08. The number of likely N-dealkylation sites (tertiary alicyclic amines) is 1. The number of rotatable bonds is 5. The Labute approximate surface area is 137 Å². The minimum Gasteiger partial charge on any atom is -0.444 e. The molecule has 1 fully saturated rings. The summed E-state index contributed by atoms with van der Waals surface area (Å²) in [4.78, 5) is 17.4. The first kappa shape index (κ1) is 15.9. The van der Waals surface area contributed by atoms with Gasteiger partial charge in [0, 0.05) is 38.3 Å². The Kier molecular flexibility index (Phi) is 4.91. The van der Waals surface area contributed by atoms with Gasteiger partial charge in [-0.2, -0.15) is 0 Å². The second-order valence-electron chi connectivity index (χ2n) is 6.50. The number of piperidine rings is 1. The van der Waals surface area contributed by atoms with Crippen molar-refractivity contribution in [3.63, 3.8) is 0 Å². The second-order valence-corrected chi connectivity index (χ2v) is 6.50. The van der Waals surface area contributed by atoms with E-state index in [-0.39, 0.29) is 0 Å². The van der Waals surface area contributed by atoms with Crippen LogP contribution in [-0.4, -0.2) is 46.0 Å². The summed E-state index contributed by atoms with van der Waals surface area (Å²) in [5, 5.41) is 0. The molecule has 0 spiro atoms. The van der Waals surface area contributed by atoms with Crippen molar-refractivity contribution in [1.82, 2.24) is 19.9 Å². The molecule has 6 heteroatoms. The summed E-state index contributed by atoms with van der Waals surface area (Å²) in [6, 6.07) is 2.49. The fourth-order valence-electron chi connectivity index (χ4n) is 3.00. The molecule has 0 bridgehead atoms. The van der Waals surface area contributed by atoms with E-state index in [1.807, 2.05) is 12.3 Å². The molecule has 2 aromatic rings. The summed E-state index contributed by atoms with van der Waals surface area (Å²) in [7, 11) is 2.12. The van der Waals surface area contributed by atoms with Gasteiger partial charge in [0.2, 0.25) is 5.89 Å². The van der Waals surface area contributed by atoms with Crippen molar-refractivity contribution in [3.8, 4) is 0 Å². The molecule has 124 valence electrons. The van der Waals surface area contributed by atoms with Gasteiger partial charge in [-0.15, -0.1) is 0 Å².